The van der Waals surface area contributed by atoms with E-state index < -0.39 is 5.60 Å². The van der Waals surface area contributed by atoms with Crippen LogP contribution in [0.2, 0.25) is 0 Å². The molecule has 1 amide bonds. The third kappa shape index (κ3) is 3.76. The van der Waals surface area contributed by atoms with Crippen molar-refractivity contribution in [3.05, 3.63) is 29.3 Å². The summed E-state index contributed by atoms with van der Waals surface area (Å²) < 4.78 is 0. The van der Waals surface area contributed by atoms with Gasteiger partial charge in [-0.2, -0.15) is 0 Å². The van der Waals surface area contributed by atoms with Crippen LogP contribution in [0.1, 0.15) is 48.5 Å². The number of likely N-dealkylation sites (N-methyl/N-ethyl adjacent to an activating group) is 1. The quantitative estimate of drug-likeness (QED) is 0.876. The van der Waals surface area contributed by atoms with Crippen molar-refractivity contribution in [3.63, 3.8) is 0 Å². The van der Waals surface area contributed by atoms with Crippen LogP contribution in [0, 0.1) is 6.92 Å². The van der Waals surface area contributed by atoms with Crippen molar-refractivity contribution < 1.29 is 9.90 Å². The third-order valence-corrected chi connectivity index (χ3v) is 4.19. The van der Waals surface area contributed by atoms with Crippen LogP contribution in [0.4, 0.5) is 5.69 Å². The molecule has 0 spiro atoms. The number of amides is 1. The first-order valence-corrected chi connectivity index (χ1v) is 7.77. The molecule has 0 radical (unpaired) electrons. The lowest BCUT2D eigenvalue weighted by atomic mass is 10.0. The van der Waals surface area contributed by atoms with Gasteiger partial charge in [-0.1, -0.05) is 18.9 Å². The fourth-order valence-corrected chi connectivity index (χ4v) is 3.09. The molecule has 2 rings (SSSR count). The number of rotatable bonds is 5. The molecule has 4 heteroatoms. The molecule has 0 aromatic heterocycles. The maximum Gasteiger partial charge on any atom is 0.255 e. The van der Waals surface area contributed by atoms with E-state index in [9.17, 15) is 9.90 Å². The molecular formula is C17H26N2O2. The van der Waals surface area contributed by atoms with E-state index in [1.807, 2.05) is 32.0 Å². The van der Waals surface area contributed by atoms with Gasteiger partial charge in [0.05, 0.1) is 11.2 Å². The summed E-state index contributed by atoms with van der Waals surface area (Å²) in [7, 11) is 1.77. The molecule has 1 fully saturated rings. The minimum Gasteiger partial charge on any atom is -0.388 e. The molecule has 0 heterocycles. The van der Waals surface area contributed by atoms with Gasteiger partial charge in [0.15, 0.2) is 0 Å². The first-order valence-electron chi connectivity index (χ1n) is 7.77. The number of hydrogen-bond donors (Lipinski definition) is 2. The minimum absolute atomic E-state index is 0.0359. The van der Waals surface area contributed by atoms with Gasteiger partial charge >= 0.3 is 0 Å². The average Bonchev–Trinajstić information content (AvgIpc) is 2.85. The Labute approximate surface area is 127 Å². The van der Waals surface area contributed by atoms with Crippen LogP contribution in [0.25, 0.3) is 0 Å². The smallest absolute Gasteiger partial charge is 0.255 e. The summed E-state index contributed by atoms with van der Waals surface area (Å²) in [6.45, 7) is 5.21. The van der Waals surface area contributed by atoms with Crippen LogP contribution < -0.4 is 5.32 Å². The summed E-state index contributed by atoms with van der Waals surface area (Å²) in [4.78, 5) is 14.3. The van der Waals surface area contributed by atoms with E-state index in [1.54, 1.807) is 11.9 Å². The van der Waals surface area contributed by atoms with Gasteiger partial charge in [0.1, 0.15) is 0 Å². The van der Waals surface area contributed by atoms with Crippen LogP contribution in [0.5, 0.6) is 0 Å². The summed E-state index contributed by atoms with van der Waals surface area (Å²) in [6.07, 6.45) is 3.68. The van der Waals surface area contributed by atoms with E-state index in [0.717, 1.165) is 43.5 Å². The highest BCUT2D eigenvalue weighted by Gasteiger charge is 2.33. The molecule has 21 heavy (non-hydrogen) atoms. The summed E-state index contributed by atoms with van der Waals surface area (Å²) in [5, 5.41) is 13.7. The van der Waals surface area contributed by atoms with Gasteiger partial charge in [-0.3, -0.25) is 4.79 Å². The van der Waals surface area contributed by atoms with Crippen molar-refractivity contribution in [2.45, 2.75) is 45.1 Å². The Morgan fingerprint density at radius 3 is 2.67 bits per heavy atom. The van der Waals surface area contributed by atoms with E-state index >= 15 is 0 Å². The Hall–Kier alpha value is -1.55. The zero-order valence-electron chi connectivity index (χ0n) is 13.3. The Morgan fingerprint density at radius 2 is 2.05 bits per heavy atom. The number of nitrogens with zero attached hydrogens (tertiary/aromatic N) is 1. The van der Waals surface area contributed by atoms with Gasteiger partial charge in [0.25, 0.3) is 5.91 Å². The monoisotopic (exact) mass is 290 g/mol. The second-order valence-corrected chi connectivity index (χ2v) is 6.17. The van der Waals surface area contributed by atoms with Crippen LogP contribution >= 0.6 is 0 Å². The second-order valence-electron chi connectivity index (χ2n) is 6.17. The van der Waals surface area contributed by atoms with Gasteiger partial charge in [-0.25, -0.2) is 0 Å². The molecule has 1 aliphatic rings. The highest BCUT2D eigenvalue weighted by molar-refractivity contribution is 5.99. The van der Waals surface area contributed by atoms with Gasteiger partial charge in [0.2, 0.25) is 0 Å². The van der Waals surface area contributed by atoms with Crippen molar-refractivity contribution in [2.75, 3.05) is 25.5 Å². The first-order chi connectivity index (χ1) is 9.95. The molecule has 116 valence electrons. The van der Waals surface area contributed by atoms with Crippen LogP contribution in [-0.2, 0) is 0 Å². The maximum absolute atomic E-state index is 12.7. The van der Waals surface area contributed by atoms with Crippen molar-refractivity contribution in [1.82, 2.24) is 4.90 Å². The maximum atomic E-state index is 12.7. The van der Waals surface area contributed by atoms with Crippen LogP contribution in [-0.4, -0.2) is 41.7 Å². The summed E-state index contributed by atoms with van der Waals surface area (Å²) in [5.74, 6) is -0.0359. The highest BCUT2D eigenvalue weighted by atomic mass is 16.3. The number of hydrogen-bond acceptors (Lipinski definition) is 3. The molecule has 4 nitrogen and oxygen atoms in total. The molecule has 2 N–H and O–H groups in total. The number of carbonyl (C=O) groups is 1. The van der Waals surface area contributed by atoms with Crippen molar-refractivity contribution >= 4 is 11.6 Å². The number of aryl methyl sites for hydroxylation is 1. The van der Waals surface area contributed by atoms with E-state index in [2.05, 4.69) is 5.32 Å². The summed E-state index contributed by atoms with van der Waals surface area (Å²) >= 11 is 0. The Morgan fingerprint density at radius 1 is 1.38 bits per heavy atom. The SMILES string of the molecule is CCNc1cc(C)ccc1C(=O)N(C)CC1(O)CCCC1. The molecular weight excluding hydrogens is 264 g/mol. The fraction of sp³-hybridized carbons (Fsp3) is 0.588. The number of aliphatic hydroxyl groups is 1. The van der Waals surface area contributed by atoms with Crippen molar-refractivity contribution in [1.29, 1.82) is 0 Å². The number of nitrogens with one attached hydrogen (secondary N) is 1. The highest BCUT2D eigenvalue weighted by Crippen LogP contribution is 2.30. The topological polar surface area (TPSA) is 52.6 Å². The molecule has 1 saturated carbocycles. The van der Waals surface area contributed by atoms with Gasteiger partial charge in [0, 0.05) is 25.8 Å². The Balaban J connectivity index is 2.15. The number of anilines is 1. The second kappa shape index (κ2) is 6.48. The lowest BCUT2D eigenvalue weighted by molar-refractivity contribution is 0.0157. The zero-order valence-corrected chi connectivity index (χ0v) is 13.3. The molecule has 0 bridgehead atoms. The molecule has 0 unspecified atom stereocenters. The molecule has 1 aromatic carbocycles. The molecule has 0 aliphatic heterocycles. The fourth-order valence-electron chi connectivity index (χ4n) is 3.09. The lowest BCUT2D eigenvalue weighted by Gasteiger charge is -2.29. The van der Waals surface area contributed by atoms with Crippen molar-refractivity contribution in [3.8, 4) is 0 Å². The number of carbonyl (C=O) groups excluding carboxylic acids is 1. The Bertz CT molecular complexity index is 508. The van der Waals surface area contributed by atoms with E-state index in [1.165, 1.54) is 0 Å². The first kappa shape index (κ1) is 15.8. The van der Waals surface area contributed by atoms with Gasteiger partial charge in [-0.05, 0) is 44.4 Å². The number of benzene rings is 1. The summed E-state index contributed by atoms with van der Waals surface area (Å²) in [5.41, 5.74) is 1.96. The standard InChI is InChI=1S/C17H26N2O2/c1-4-18-15-11-13(2)7-8-14(15)16(20)19(3)12-17(21)9-5-6-10-17/h7-8,11,18,21H,4-6,9-10,12H2,1-3H3. The Kier molecular flexibility index (Phi) is 4.88. The van der Waals surface area contributed by atoms with E-state index in [4.69, 9.17) is 0 Å². The van der Waals surface area contributed by atoms with Gasteiger partial charge < -0.3 is 15.3 Å². The van der Waals surface area contributed by atoms with Crippen LogP contribution in [0.3, 0.4) is 0 Å². The molecule has 0 atom stereocenters. The van der Waals surface area contributed by atoms with E-state index in [0.29, 0.717) is 12.1 Å². The normalized spacial score (nSPS) is 16.8. The molecule has 0 saturated heterocycles. The van der Waals surface area contributed by atoms with Crippen molar-refractivity contribution in [2.24, 2.45) is 0 Å². The molecule has 1 aromatic rings. The predicted molar refractivity (Wildman–Crippen MR) is 85.7 cm³/mol. The summed E-state index contributed by atoms with van der Waals surface area (Å²) in [6, 6.07) is 5.81. The third-order valence-electron chi connectivity index (χ3n) is 4.19. The predicted octanol–water partition coefficient (Wildman–Crippen LogP) is 2.80. The average molecular weight is 290 g/mol. The molecule has 1 aliphatic carbocycles. The van der Waals surface area contributed by atoms with Crippen LogP contribution in [0.15, 0.2) is 18.2 Å². The van der Waals surface area contributed by atoms with Gasteiger partial charge in [-0.15, -0.1) is 0 Å². The lowest BCUT2D eigenvalue weighted by Crippen LogP contribution is -2.42. The largest absolute Gasteiger partial charge is 0.388 e. The minimum atomic E-state index is -0.701. The zero-order chi connectivity index (χ0) is 15.5. The van der Waals surface area contributed by atoms with E-state index in [-0.39, 0.29) is 5.91 Å².